The quantitative estimate of drug-likeness (QED) is 0.653. The Bertz CT molecular complexity index is 677. The van der Waals surface area contributed by atoms with Gasteiger partial charge < -0.3 is 5.32 Å². The molecule has 2 heterocycles. The molecule has 1 amide bonds. The van der Waals surface area contributed by atoms with Gasteiger partial charge in [0.05, 0.1) is 11.9 Å². The highest BCUT2D eigenvalue weighted by Crippen LogP contribution is 2.22. The lowest BCUT2D eigenvalue weighted by Gasteiger charge is -1.93. The summed E-state index contributed by atoms with van der Waals surface area (Å²) in [6, 6.07) is 11.0. The first-order valence-corrected chi connectivity index (χ1v) is 5.76. The molecule has 3 rings (SSSR count). The van der Waals surface area contributed by atoms with E-state index in [2.05, 4.69) is 20.5 Å². The lowest BCUT2D eigenvalue weighted by molar-refractivity contribution is -0.110. The topological polar surface area (TPSA) is 66.7 Å². The molecule has 19 heavy (non-hydrogen) atoms. The second kappa shape index (κ2) is 4.81. The van der Waals surface area contributed by atoms with Crippen LogP contribution in [0.4, 0.5) is 5.69 Å². The Morgan fingerprint density at radius 2 is 1.89 bits per heavy atom. The van der Waals surface area contributed by atoms with E-state index in [0.29, 0.717) is 5.71 Å². The number of nitrogens with zero attached hydrogens (tertiary/aromatic N) is 3. The van der Waals surface area contributed by atoms with Gasteiger partial charge in [-0.05, 0) is 23.8 Å². The van der Waals surface area contributed by atoms with Gasteiger partial charge >= 0.3 is 0 Å². The third-order valence-corrected chi connectivity index (χ3v) is 2.72. The Labute approximate surface area is 109 Å². The SMILES string of the molecule is O=C1Nc2ccccc2/C1=N/N=C/c1ccncc1. The molecule has 92 valence electrons. The normalized spacial score (nSPS) is 15.8. The van der Waals surface area contributed by atoms with Crippen LogP contribution in [0.3, 0.4) is 0 Å². The Balaban J connectivity index is 1.89. The lowest BCUT2D eigenvalue weighted by Crippen LogP contribution is -2.13. The molecule has 5 heteroatoms. The van der Waals surface area contributed by atoms with Gasteiger partial charge in [-0.15, -0.1) is 5.10 Å². The molecule has 0 bridgehead atoms. The van der Waals surface area contributed by atoms with Crippen molar-refractivity contribution in [2.75, 3.05) is 5.32 Å². The molecule has 1 aliphatic heterocycles. The maximum absolute atomic E-state index is 11.7. The lowest BCUT2D eigenvalue weighted by atomic mass is 10.1. The Morgan fingerprint density at radius 1 is 1.11 bits per heavy atom. The van der Waals surface area contributed by atoms with E-state index in [1.165, 1.54) is 0 Å². The zero-order valence-corrected chi connectivity index (χ0v) is 9.95. The summed E-state index contributed by atoms with van der Waals surface area (Å²) in [6.45, 7) is 0. The van der Waals surface area contributed by atoms with Crippen LogP contribution in [0.25, 0.3) is 0 Å². The monoisotopic (exact) mass is 250 g/mol. The minimum Gasteiger partial charge on any atom is -0.320 e. The molecular formula is C14H10N4O. The van der Waals surface area contributed by atoms with Crippen molar-refractivity contribution in [3.05, 3.63) is 59.9 Å². The molecule has 0 aliphatic carbocycles. The number of aromatic nitrogens is 1. The maximum atomic E-state index is 11.7. The van der Waals surface area contributed by atoms with E-state index in [4.69, 9.17) is 0 Å². The van der Waals surface area contributed by atoms with Crippen LogP contribution in [-0.2, 0) is 4.79 Å². The van der Waals surface area contributed by atoms with E-state index in [1.54, 1.807) is 18.6 Å². The average Bonchev–Trinajstić information content (AvgIpc) is 2.76. The van der Waals surface area contributed by atoms with E-state index < -0.39 is 0 Å². The van der Waals surface area contributed by atoms with Crippen LogP contribution < -0.4 is 5.32 Å². The van der Waals surface area contributed by atoms with E-state index in [9.17, 15) is 4.79 Å². The molecule has 0 unspecified atom stereocenters. The standard InChI is InChI=1S/C14H10N4O/c19-14-13(11-3-1-2-4-12(11)17-14)18-16-9-10-5-7-15-8-6-10/h1-9H,(H,17,18,19)/b16-9+. The molecule has 1 aliphatic rings. The first kappa shape index (κ1) is 11.3. The van der Waals surface area contributed by atoms with Gasteiger partial charge in [-0.25, -0.2) is 0 Å². The number of anilines is 1. The van der Waals surface area contributed by atoms with Crippen molar-refractivity contribution in [3.63, 3.8) is 0 Å². The van der Waals surface area contributed by atoms with Crippen molar-refractivity contribution < 1.29 is 4.79 Å². The largest absolute Gasteiger partial charge is 0.320 e. The smallest absolute Gasteiger partial charge is 0.276 e. The third kappa shape index (κ3) is 2.26. The zero-order chi connectivity index (χ0) is 13.1. The van der Waals surface area contributed by atoms with Gasteiger partial charge in [-0.2, -0.15) is 5.10 Å². The number of amides is 1. The molecule has 5 nitrogen and oxygen atoms in total. The molecule has 1 N–H and O–H groups in total. The fraction of sp³-hybridized carbons (Fsp3) is 0. The molecule has 2 aromatic rings. The van der Waals surface area contributed by atoms with E-state index >= 15 is 0 Å². The van der Waals surface area contributed by atoms with Crippen LogP contribution >= 0.6 is 0 Å². The summed E-state index contributed by atoms with van der Waals surface area (Å²) in [4.78, 5) is 15.7. The Kier molecular flexibility index (Phi) is 2.86. The van der Waals surface area contributed by atoms with Crippen molar-refractivity contribution in [1.29, 1.82) is 0 Å². The third-order valence-electron chi connectivity index (χ3n) is 2.72. The summed E-state index contributed by atoms with van der Waals surface area (Å²) >= 11 is 0. The highest BCUT2D eigenvalue weighted by Gasteiger charge is 2.25. The number of carbonyl (C=O) groups is 1. The molecule has 0 radical (unpaired) electrons. The second-order valence-corrected chi connectivity index (χ2v) is 3.97. The summed E-state index contributed by atoms with van der Waals surface area (Å²) in [6.07, 6.45) is 4.93. The summed E-state index contributed by atoms with van der Waals surface area (Å²) in [7, 11) is 0. The van der Waals surface area contributed by atoms with Crippen LogP contribution in [0.5, 0.6) is 0 Å². The minimum absolute atomic E-state index is 0.229. The fourth-order valence-corrected chi connectivity index (χ4v) is 1.80. The van der Waals surface area contributed by atoms with Crippen molar-refractivity contribution in [2.24, 2.45) is 10.2 Å². The zero-order valence-electron chi connectivity index (χ0n) is 9.95. The molecular weight excluding hydrogens is 240 g/mol. The number of fused-ring (bicyclic) bond motifs is 1. The predicted molar refractivity (Wildman–Crippen MR) is 73.4 cm³/mol. The van der Waals surface area contributed by atoms with Crippen LogP contribution in [0.2, 0.25) is 0 Å². The summed E-state index contributed by atoms with van der Waals surface area (Å²) < 4.78 is 0. The highest BCUT2D eigenvalue weighted by atomic mass is 16.2. The van der Waals surface area contributed by atoms with Crippen molar-refractivity contribution in [2.45, 2.75) is 0 Å². The number of nitrogens with one attached hydrogen (secondary N) is 1. The highest BCUT2D eigenvalue weighted by molar-refractivity contribution is 6.53. The summed E-state index contributed by atoms with van der Waals surface area (Å²) in [5.41, 5.74) is 2.76. The fourth-order valence-electron chi connectivity index (χ4n) is 1.80. The van der Waals surface area contributed by atoms with Gasteiger partial charge in [0.2, 0.25) is 0 Å². The van der Waals surface area contributed by atoms with Gasteiger partial charge in [-0.1, -0.05) is 18.2 Å². The number of benzene rings is 1. The van der Waals surface area contributed by atoms with E-state index in [1.807, 2.05) is 36.4 Å². The van der Waals surface area contributed by atoms with Crippen LogP contribution in [0.1, 0.15) is 11.1 Å². The van der Waals surface area contributed by atoms with E-state index in [-0.39, 0.29) is 5.91 Å². The molecule has 0 saturated carbocycles. The summed E-state index contributed by atoms with van der Waals surface area (Å²) in [5.74, 6) is -0.229. The number of pyridine rings is 1. The molecule has 1 aromatic carbocycles. The number of hydrogen-bond donors (Lipinski definition) is 1. The van der Waals surface area contributed by atoms with Crippen LogP contribution in [-0.4, -0.2) is 22.8 Å². The van der Waals surface area contributed by atoms with Gasteiger partial charge in [0.1, 0.15) is 0 Å². The first-order chi connectivity index (χ1) is 9.34. The van der Waals surface area contributed by atoms with E-state index in [0.717, 1.165) is 16.8 Å². The molecule has 0 saturated heterocycles. The number of rotatable bonds is 2. The molecule has 0 spiro atoms. The second-order valence-electron chi connectivity index (χ2n) is 3.97. The molecule has 0 atom stereocenters. The molecule has 1 aromatic heterocycles. The minimum atomic E-state index is -0.229. The predicted octanol–water partition coefficient (Wildman–Crippen LogP) is 1.86. The van der Waals surface area contributed by atoms with Crippen LogP contribution in [0.15, 0.2) is 59.0 Å². The van der Waals surface area contributed by atoms with Crippen molar-refractivity contribution in [3.8, 4) is 0 Å². The number of carbonyl (C=O) groups excluding carboxylic acids is 1. The van der Waals surface area contributed by atoms with Crippen molar-refractivity contribution >= 4 is 23.5 Å². The first-order valence-electron chi connectivity index (χ1n) is 5.76. The number of para-hydroxylation sites is 1. The van der Waals surface area contributed by atoms with Crippen molar-refractivity contribution in [1.82, 2.24) is 4.98 Å². The van der Waals surface area contributed by atoms with Crippen LogP contribution in [0, 0.1) is 0 Å². The van der Waals surface area contributed by atoms with Gasteiger partial charge in [0.15, 0.2) is 5.71 Å². The Hall–Kier alpha value is -2.82. The Morgan fingerprint density at radius 3 is 2.74 bits per heavy atom. The maximum Gasteiger partial charge on any atom is 0.276 e. The van der Waals surface area contributed by atoms with Gasteiger partial charge in [-0.3, -0.25) is 9.78 Å². The van der Waals surface area contributed by atoms with Gasteiger partial charge in [0.25, 0.3) is 5.91 Å². The number of hydrogen-bond acceptors (Lipinski definition) is 4. The molecule has 0 fully saturated rings. The summed E-state index contributed by atoms with van der Waals surface area (Å²) in [5, 5.41) is 10.7. The van der Waals surface area contributed by atoms with Gasteiger partial charge in [0, 0.05) is 18.0 Å². The average molecular weight is 250 g/mol.